The minimum Gasteiger partial charge on any atom is -0.352 e. The van der Waals surface area contributed by atoms with Gasteiger partial charge in [0.2, 0.25) is 11.8 Å². The van der Waals surface area contributed by atoms with Crippen LogP contribution in [0.3, 0.4) is 0 Å². The lowest BCUT2D eigenvalue weighted by molar-refractivity contribution is -0.135. The van der Waals surface area contributed by atoms with Crippen LogP contribution in [0, 0.1) is 5.92 Å². The van der Waals surface area contributed by atoms with Crippen molar-refractivity contribution in [2.75, 3.05) is 13.1 Å². The van der Waals surface area contributed by atoms with Crippen LogP contribution in [0.25, 0.3) is 0 Å². The molecule has 0 aromatic heterocycles. The summed E-state index contributed by atoms with van der Waals surface area (Å²) in [4.78, 5) is 39.2. The number of amides is 3. The summed E-state index contributed by atoms with van der Waals surface area (Å²) < 4.78 is 0. The Morgan fingerprint density at radius 3 is 2.35 bits per heavy atom. The van der Waals surface area contributed by atoms with Crippen molar-refractivity contribution in [3.8, 4) is 0 Å². The van der Waals surface area contributed by atoms with E-state index in [1.165, 1.54) is 0 Å². The van der Waals surface area contributed by atoms with Crippen LogP contribution in [-0.2, 0) is 22.6 Å². The van der Waals surface area contributed by atoms with Gasteiger partial charge in [-0.3, -0.25) is 14.4 Å². The van der Waals surface area contributed by atoms with Gasteiger partial charge in [0.1, 0.15) is 0 Å². The Morgan fingerprint density at radius 2 is 1.65 bits per heavy atom. The van der Waals surface area contributed by atoms with Gasteiger partial charge in [-0.25, -0.2) is 0 Å². The third-order valence-electron chi connectivity index (χ3n) is 5.94. The molecule has 4 rings (SSSR count). The van der Waals surface area contributed by atoms with Gasteiger partial charge in [-0.2, -0.15) is 0 Å². The maximum absolute atomic E-state index is 12.7. The summed E-state index contributed by atoms with van der Waals surface area (Å²) in [6, 6.07) is 17.4. The Hall–Kier alpha value is -3.15. The van der Waals surface area contributed by atoms with E-state index in [2.05, 4.69) is 10.6 Å². The van der Waals surface area contributed by atoms with Crippen molar-refractivity contribution < 1.29 is 14.4 Å². The fourth-order valence-corrected chi connectivity index (χ4v) is 3.90. The van der Waals surface area contributed by atoms with Crippen LogP contribution in [0.2, 0.25) is 0 Å². The van der Waals surface area contributed by atoms with E-state index in [0.29, 0.717) is 37.7 Å². The highest BCUT2D eigenvalue weighted by atomic mass is 16.2. The molecule has 1 unspecified atom stereocenters. The van der Waals surface area contributed by atoms with Crippen LogP contribution in [0.15, 0.2) is 54.6 Å². The van der Waals surface area contributed by atoms with Gasteiger partial charge in [0.25, 0.3) is 5.91 Å². The minimum absolute atomic E-state index is 0.0206. The molecule has 1 aliphatic heterocycles. The van der Waals surface area contributed by atoms with Gasteiger partial charge >= 0.3 is 0 Å². The Balaban J connectivity index is 1.25. The van der Waals surface area contributed by atoms with Crippen molar-refractivity contribution in [2.45, 2.75) is 44.7 Å². The van der Waals surface area contributed by atoms with Gasteiger partial charge in [-0.15, -0.1) is 0 Å². The molecule has 2 aromatic carbocycles. The number of nitrogens with one attached hydrogen (secondary N) is 2. The highest BCUT2D eigenvalue weighted by Gasteiger charge is 2.28. The molecule has 2 fully saturated rings. The first-order chi connectivity index (χ1) is 15.1. The van der Waals surface area contributed by atoms with E-state index < -0.39 is 0 Å². The summed E-state index contributed by atoms with van der Waals surface area (Å²) in [7, 11) is 0. The Labute approximate surface area is 183 Å². The number of nitrogens with zero attached hydrogens (tertiary/aromatic N) is 1. The predicted octanol–water partition coefficient (Wildman–Crippen LogP) is 2.68. The van der Waals surface area contributed by atoms with Gasteiger partial charge < -0.3 is 15.5 Å². The molecule has 31 heavy (non-hydrogen) atoms. The molecule has 2 aliphatic rings. The first-order valence-corrected chi connectivity index (χ1v) is 11.1. The van der Waals surface area contributed by atoms with E-state index in [-0.39, 0.29) is 23.6 Å². The second-order valence-corrected chi connectivity index (χ2v) is 8.50. The normalized spacial score (nSPS) is 18.3. The highest BCUT2D eigenvalue weighted by Crippen LogP contribution is 2.20. The molecule has 1 heterocycles. The molecule has 6 nitrogen and oxygen atoms in total. The van der Waals surface area contributed by atoms with Crippen LogP contribution >= 0.6 is 0 Å². The second kappa shape index (κ2) is 9.77. The molecule has 6 heteroatoms. The third kappa shape index (κ3) is 5.94. The van der Waals surface area contributed by atoms with Crippen molar-refractivity contribution in [1.29, 1.82) is 0 Å². The van der Waals surface area contributed by atoms with E-state index in [1.54, 1.807) is 12.1 Å². The van der Waals surface area contributed by atoms with Gasteiger partial charge in [0.05, 0.1) is 12.3 Å². The average molecular weight is 420 g/mol. The Morgan fingerprint density at radius 1 is 0.903 bits per heavy atom. The largest absolute Gasteiger partial charge is 0.352 e. The SMILES string of the molecule is O=C(NC1CC1)c1ccc(CNC(=O)C2CCCN(C(=O)Cc3ccccc3)C2)cc1. The van der Waals surface area contributed by atoms with Crippen molar-refractivity contribution in [3.05, 3.63) is 71.3 Å². The molecule has 2 aromatic rings. The number of hydrogen-bond donors (Lipinski definition) is 2. The lowest BCUT2D eigenvalue weighted by Crippen LogP contribution is -2.45. The monoisotopic (exact) mass is 419 g/mol. The lowest BCUT2D eigenvalue weighted by atomic mass is 9.96. The molecule has 162 valence electrons. The summed E-state index contributed by atoms with van der Waals surface area (Å²) in [5.41, 5.74) is 2.58. The molecular weight excluding hydrogens is 390 g/mol. The zero-order valence-corrected chi connectivity index (χ0v) is 17.7. The maximum atomic E-state index is 12.7. The summed E-state index contributed by atoms with van der Waals surface area (Å²) in [5.74, 6) is -0.172. The smallest absolute Gasteiger partial charge is 0.251 e. The second-order valence-electron chi connectivity index (χ2n) is 8.50. The van der Waals surface area contributed by atoms with E-state index in [0.717, 1.165) is 36.8 Å². The van der Waals surface area contributed by atoms with E-state index in [4.69, 9.17) is 0 Å². The van der Waals surface area contributed by atoms with Crippen LogP contribution in [-0.4, -0.2) is 41.8 Å². The summed E-state index contributed by atoms with van der Waals surface area (Å²) in [6.07, 6.45) is 4.12. The molecule has 2 N–H and O–H groups in total. The quantitative estimate of drug-likeness (QED) is 0.724. The number of benzene rings is 2. The topological polar surface area (TPSA) is 78.5 Å². The van der Waals surface area contributed by atoms with E-state index in [9.17, 15) is 14.4 Å². The Kier molecular flexibility index (Phi) is 6.65. The molecule has 1 saturated carbocycles. The molecule has 3 amide bonds. The number of likely N-dealkylation sites (tertiary alicyclic amines) is 1. The van der Waals surface area contributed by atoms with Crippen LogP contribution < -0.4 is 10.6 Å². The van der Waals surface area contributed by atoms with Gasteiger partial charge in [0, 0.05) is 31.2 Å². The number of piperidine rings is 1. The van der Waals surface area contributed by atoms with Gasteiger partial charge in [-0.1, -0.05) is 42.5 Å². The van der Waals surface area contributed by atoms with Gasteiger partial charge in [-0.05, 0) is 48.9 Å². The highest BCUT2D eigenvalue weighted by molar-refractivity contribution is 5.94. The van der Waals surface area contributed by atoms with Gasteiger partial charge in [0.15, 0.2) is 0 Å². The van der Waals surface area contributed by atoms with Crippen LogP contribution in [0.4, 0.5) is 0 Å². The molecule has 1 atom stereocenters. The fraction of sp³-hybridized carbons (Fsp3) is 0.400. The zero-order chi connectivity index (χ0) is 21.6. The predicted molar refractivity (Wildman–Crippen MR) is 118 cm³/mol. The first kappa shape index (κ1) is 21.1. The number of carbonyl (C=O) groups is 3. The summed E-state index contributed by atoms with van der Waals surface area (Å²) >= 11 is 0. The molecule has 1 saturated heterocycles. The molecule has 1 aliphatic carbocycles. The van der Waals surface area contributed by atoms with Crippen molar-refractivity contribution in [1.82, 2.24) is 15.5 Å². The number of carbonyl (C=O) groups excluding carboxylic acids is 3. The third-order valence-corrected chi connectivity index (χ3v) is 5.94. The summed E-state index contributed by atoms with van der Waals surface area (Å²) in [5, 5.41) is 5.96. The van der Waals surface area contributed by atoms with E-state index in [1.807, 2.05) is 47.4 Å². The fourth-order valence-electron chi connectivity index (χ4n) is 3.90. The average Bonchev–Trinajstić information content (AvgIpc) is 3.62. The lowest BCUT2D eigenvalue weighted by Gasteiger charge is -2.32. The molecule has 0 spiro atoms. The maximum Gasteiger partial charge on any atom is 0.251 e. The zero-order valence-electron chi connectivity index (χ0n) is 17.7. The summed E-state index contributed by atoms with van der Waals surface area (Å²) in [6.45, 7) is 1.59. The minimum atomic E-state index is -0.183. The van der Waals surface area contributed by atoms with Crippen molar-refractivity contribution >= 4 is 17.7 Å². The molecular formula is C25H29N3O3. The number of hydrogen-bond acceptors (Lipinski definition) is 3. The standard InChI is InChI=1S/C25H29N3O3/c29-23(15-18-5-2-1-3-6-18)28-14-4-7-21(17-28)24(30)26-16-19-8-10-20(11-9-19)25(31)27-22-12-13-22/h1-3,5-6,8-11,21-22H,4,7,12-17H2,(H,26,30)(H,27,31). The van der Waals surface area contributed by atoms with Crippen LogP contribution in [0.5, 0.6) is 0 Å². The van der Waals surface area contributed by atoms with E-state index >= 15 is 0 Å². The Bertz CT molecular complexity index is 923. The van der Waals surface area contributed by atoms with Crippen LogP contribution in [0.1, 0.15) is 47.2 Å². The molecule has 0 bridgehead atoms. The first-order valence-electron chi connectivity index (χ1n) is 11.1. The van der Waals surface area contributed by atoms with Crippen molar-refractivity contribution in [2.24, 2.45) is 5.92 Å². The van der Waals surface area contributed by atoms with Crippen molar-refractivity contribution in [3.63, 3.8) is 0 Å². The molecule has 0 radical (unpaired) electrons. The number of rotatable bonds is 7.